The maximum Gasteiger partial charge on any atom is 0.264 e. The second-order valence-electron chi connectivity index (χ2n) is 4.32. The molecule has 2 aliphatic rings. The van der Waals surface area contributed by atoms with Gasteiger partial charge in [0.25, 0.3) is 11.8 Å². The van der Waals surface area contributed by atoms with Gasteiger partial charge in [-0.3, -0.25) is 9.59 Å². The van der Waals surface area contributed by atoms with Crippen LogP contribution in [-0.4, -0.2) is 29.8 Å². The fraction of sp³-hybridized carbons (Fsp3) is 0.154. The Hall–Kier alpha value is -1.86. The summed E-state index contributed by atoms with van der Waals surface area (Å²) >= 11 is 6.17. The van der Waals surface area contributed by atoms with Crippen molar-refractivity contribution < 1.29 is 14.3 Å². The summed E-state index contributed by atoms with van der Waals surface area (Å²) in [6, 6.07) is 5.44. The van der Waals surface area contributed by atoms with Crippen molar-refractivity contribution in [2.24, 2.45) is 0 Å². The predicted molar refractivity (Wildman–Crippen MR) is 81.7 cm³/mol. The Kier molecular flexibility index (Phi) is 3.23. The van der Waals surface area contributed by atoms with Crippen LogP contribution in [0.1, 0.15) is 5.56 Å². The molecule has 1 aromatic rings. The number of ether oxygens (including phenoxy) is 1. The Morgan fingerprint density at radius 2 is 2.25 bits per heavy atom. The fourth-order valence-electron chi connectivity index (χ4n) is 1.95. The van der Waals surface area contributed by atoms with Crippen LogP contribution in [0.15, 0.2) is 23.1 Å². The van der Waals surface area contributed by atoms with E-state index in [1.165, 1.54) is 11.8 Å². The van der Waals surface area contributed by atoms with E-state index in [1.54, 1.807) is 24.1 Å². The molecule has 1 N–H and O–H groups in total. The molecule has 1 saturated heterocycles. The molecule has 2 amide bonds. The number of rotatable bonds is 1. The summed E-state index contributed by atoms with van der Waals surface area (Å²) < 4.78 is 5.81. The van der Waals surface area contributed by atoms with Gasteiger partial charge in [0.2, 0.25) is 0 Å². The number of benzene rings is 1. The Morgan fingerprint density at radius 1 is 1.45 bits per heavy atom. The summed E-state index contributed by atoms with van der Waals surface area (Å²) in [6.45, 7) is 0.0520. The molecule has 5 nitrogen and oxygen atoms in total. The largest absolute Gasteiger partial charge is 0.482 e. The Labute approximate surface area is 125 Å². The number of anilines is 1. The van der Waals surface area contributed by atoms with Crippen molar-refractivity contribution in [1.82, 2.24) is 5.32 Å². The van der Waals surface area contributed by atoms with Crippen LogP contribution in [0.25, 0.3) is 6.08 Å². The molecule has 2 heterocycles. The third kappa shape index (κ3) is 2.30. The van der Waals surface area contributed by atoms with Gasteiger partial charge in [0, 0.05) is 7.05 Å². The average molecular weight is 306 g/mol. The molecular formula is C13H10N2O3S2. The number of hydrogen-bond donors (Lipinski definition) is 1. The second kappa shape index (κ2) is 4.92. The number of hydrogen-bond acceptors (Lipinski definition) is 5. The molecular weight excluding hydrogens is 296 g/mol. The highest BCUT2D eigenvalue weighted by atomic mass is 32.2. The number of nitrogens with one attached hydrogen (secondary N) is 1. The first kappa shape index (κ1) is 13.1. The van der Waals surface area contributed by atoms with Crippen LogP contribution in [0.5, 0.6) is 5.75 Å². The highest BCUT2D eigenvalue weighted by Gasteiger charge is 2.24. The number of fused-ring (bicyclic) bond motifs is 1. The van der Waals surface area contributed by atoms with E-state index in [0.29, 0.717) is 20.7 Å². The number of thioether (sulfide) groups is 1. The summed E-state index contributed by atoms with van der Waals surface area (Å²) in [5.74, 6) is 0.364. The Balaban J connectivity index is 1.97. The van der Waals surface area contributed by atoms with Crippen molar-refractivity contribution in [2.45, 2.75) is 0 Å². The van der Waals surface area contributed by atoms with Gasteiger partial charge in [-0.15, -0.1) is 0 Å². The monoisotopic (exact) mass is 306 g/mol. The standard InChI is InChI=1S/C13H10N2O3S2/c1-15-8-4-7(2-3-9(8)18-6-11(15)16)5-10-12(17)14-13(19)20-10/h2-5H,6H2,1H3,(H,14,17,19)/b10-5+. The summed E-state index contributed by atoms with van der Waals surface area (Å²) in [5.41, 5.74) is 1.51. The number of likely N-dealkylation sites (N-methyl/N-ethyl adjacent to an activating group) is 1. The van der Waals surface area contributed by atoms with E-state index >= 15 is 0 Å². The third-order valence-corrected chi connectivity index (χ3v) is 4.17. The summed E-state index contributed by atoms with van der Waals surface area (Å²) in [5, 5.41) is 2.56. The van der Waals surface area contributed by atoms with Gasteiger partial charge in [-0.05, 0) is 23.8 Å². The second-order valence-corrected chi connectivity index (χ2v) is 6.04. The molecule has 1 fully saturated rings. The molecule has 0 aliphatic carbocycles. The van der Waals surface area contributed by atoms with Gasteiger partial charge in [0.15, 0.2) is 6.61 Å². The Morgan fingerprint density at radius 3 is 2.95 bits per heavy atom. The van der Waals surface area contributed by atoms with Gasteiger partial charge < -0.3 is 15.0 Å². The first-order valence-electron chi connectivity index (χ1n) is 5.83. The highest BCUT2D eigenvalue weighted by Crippen LogP contribution is 2.34. The molecule has 0 bridgehead atoms. The van der Waals surface area contributed by atoms with Crippen LogP contribution in [0, 0.1) is 0 Å². The third-order valence-electron chi connectivity index (χ3n) is 3.01. The van der Waals surface area contributed by atoms with Crippen molar-refractivity contribution in [3.05, 3.63) is 28.7 Å². The van der Waals surface area contributed by atoms with E-state index < -0.39 is 0 Å². The predicted octanol–water partition coefficient (Wildman–Crippen LogP) is 1.53. The minimum absolute atomic E-state index is 0.0520. The van der Waals surface area contributed by atoms with Crippen molar-refractivity contribution in [2.75, 3.05) is 18.6 Å². The van der Waals surface area contributed by atoms with E-state index in [2.05, 4.69) is 5.32 Å². The van der Waals surface area contributed by atoms with Crippen LogP contribution in [0.3, 0.4) is 0 Å². The number of nitrogens with zero attached hydrogens (tertiary/aromatic N) is 1. The zero-order valence-electron chi connectivity index (χ0n) is 10.5. The minimum atomic E-state index is -0.196. The van der Waals surface area contributed by atoms with Gasteiger partial charge in [-0.25, -0.2) is 0 Å². The maximum atomic E-state index is 11.6. The van der Waals surface area contributed by atoms with Crippen molar-refractivity contribution >= 4 is 51.9 Å². The number of amides is 2. The molecule has 0 aromatic heterocycles. The Bertz CT molecular complexity index is 670. The van der Waals surface area contributed by atoms with Gasteiger partial charge in [0.05, 0.1) is 10.6 Å². The van der Waals surface area contributed by atoms with E-state index in [-0.39, 0.29) is 18.4 Å². The van der Waals surface area contributed by atoms with Gasteiger partial charge in [-0.1, -0.05) is 30.0 Å². The molecule has 0 unspecified atom stereocenters. The SMILES string of the molecule is CN1C(=O)COc2ccc(/C=C3/SC(=S)NC3=O)cc21. The average Bonchev–Trinajstić information content (AvgIpc) is 2.73. The first-order chi connectivity index (χ1) is 9.54. The molecule has 0 spiro atoms. The number of thiocarbonyl (C=S) groups is 1. The first-order valence-corrected chi connectivity index (χ1v) is 7.05. The summed E-state index contributed by atoms with van der Waals surface area (Å²) in [4.78, 5) is 25.3. The molecule has 0 atom stereocenters. The normalized spacial score (nSPS) is 19.9. The highest BCUT2D eigenvalue weighted by molar-refractivity contribution is 8.26. The lowest BCUT2D eigenvalue weighted by Gasteiger charge is -2.26. The van der Waals surface area contributed by atoms with Crippen LogP contribution in [-0.2, 0) is 9.59 Å². The maximum absolute atomic E-state index is 11.6. The molecule has 0 saturated carbocycles. The lowest BCUT2D eigenvalue weighted by molar-refractivity contribution is -0.121. The van der Waals surface area contributed by atoms with Crippen molar-refractivity contribution in [1.29, 1.82) is 0 Å². The van der Waals surface area contributed by atoms with Crippen LogP contribution >= 0.6 is 24.0 Å². The van der Waals surface area contributed by atoms with Crippen molar-refractivity contribution in [3.8, 4) is 5.75 Å². The molecule has 20 heavy (non-hydrogen) atoms. The smallest absolute Gasteiger partial charge is 0.264 e. The molecule has 7 heteroatoms. The topological polar surface area (TPSA) is 58.6 Å². The van der Waals surface area contributed by atoms with E-state index in [4.69, 9.17) is 17.0 Å². The van der Waals surface area contributed by atoms with E-state index in [9.17, 15) is 9.59 Å². The molecule has 3 rings (SSSR count). The van der Waals surface area contributed by atoms with Crippen LogP contribution in [0.4, 0.5) is 5.69 Å². The number of carbonyl (C=O) groups excluding carboxylic acids is 2. The summed E-state index contributed by atoms with van der Waals surface area (Å²) in [7, 11) is 1.70. The molecule has 102 valence electrons. The van der Waals surface area contributed by atoms with E-state index in [0.717, 1.165) is 5.56 Å². The molecule has 2 aliphatic heterocycles. The molecule has 0 radical (unpaired) electrons. The van der Waals surface area contributed by atoms with Crippen LogP contribution < -0.4 is 15.0 Å². The summed E-state index contributed by atoms with van der Waals surface area (Å²) in [6.07, 6.45) is 1.74. The molecule has 1 aromatic carbocycles. The number of carbonyl (C=O) groups is 2. The zero-order chi connectivity index (χ0) is 14.3. The fourth-order valence-corrected chi connectivity index (χ4v) is 3.00. The van der Waals surface area contributed by atoms with E-state index in [1.807, 2.05) is 12.1 Å². The lowest BCUT2D eigenvalue weighted by Crippen LogP contribution is -2.35. The zero-order valence-corrected chi connectivity index (χ0v) is 12.1. The van der Waals surface area contributed by atoms with Crippen LogP contribution in [0.2, 0.25) is 0 Å². The lowest BCUT2D eigenvalue weighted by atomic mass is 10.1. The van der Waals surface area contributed by atoms with Gasteiger partial charge in [-0.2, -0.15) is 0 Å². The quantitative estimate of drug-likeness (QED) is 0.630. The van der Waals surface area contributed by atoms with Gasteiger partial charge >= 0.3 is 0 Å². The van der Waals surface area contributed by atoms with Crippen molar-refractivity contribution in [3.63, 3.8) is 0 Å². The van der Waals surface area contributed by atoms with Gasteiger partial charge in [0.1, 0.15) is 10.1 Å². The minimum Gasteiger partial charge on any atom is -0.482 e.